The SMILES string of the molecule is O=C(Nc1ccc2nc(SCCC(F)(F)F)sc2c1)C1CCN(C(=O)c2ccccc2)CC1. The number of carbonyl (C=O) groups excluding carboxylic acids is 2. The van der Waals surface area contributed by atoms with Gasteiger partial charge in [0.2, 0.25) is 5.91 Å². The molecule has 0 bridgehead atoms. The first-order valence-corrected chi connectivity index (χ1v) is 12.3. The van der Waals surface area contributed by atoms with Gasteiger partial charge in [-0.15, -0.1) is 11.3 Å². The lowest BCUT2D eigenvalue weighted by atomic mass is 9.95. The first-order valence-electron chi connectivity index (χ1n) is 10.5. The number of anilines is 1. The molecule has 33 heavy (non-hydrogen) atoms. The van der Waals surface area contributed by atoms with Crippen molar-refractivity contribution < 1.29 is 22.8 Å². The van der Waals surface area contributed by atoms with E-state index in [-0.39, 0.29) is 23.5 Å². The maximum absolute atomic E-state index is 12.8. The average molecular weight is 494 g/mol. The minimum atomic E-state index is -4.17. The molecule has 2 amide bonds. The zero-order chi connectivity index (χ0) is 23.4. The lowest BCUT2D eigenvalue weighted by Crippen LogP contribution is -2.41. The summed E-state index contributed by atoms with van der Waals surface area (Å²) >= 11 is 2.40. The average Bonchev–Trinajstić information content (AvgIpc) is 3.20. The summed E-state index contributed by atoms with van der Waals surface area (Å²) in [6, 6.07) is 14.4. The van der Waals surface area contributed by atoms with Gasteiger partial charge in [0, 0.05) is 36.0 Å². The third-order valence-electron chi connectivity index (χ3n) is 5.42. The van der Waals surface area contributed by atoms with Crippen LogP contribution in [-0.4, -0.2) is 46.7 Å². The molecular formula is C23H22F3N3O2S2. The Kier molecular flexibility index (Phi) is 7.23. The number of amides is 2. The Morgan fingerprint density at radius 3 is 2.55 bits per heavy atom. The molecule has 4 rings (SSSR count). The number of thioether (sulfide) groups is 1. The molecule has 3 aromatic rings. The van der Waals surface area contributed by atoms with Crippen LogP contribution in [-0.2, 0) is 4.79 Å². The summed E-state index contributed by atoms with van der Waals surface area (Å²) in [6.07, 6.45) is -3.85. The molecule has 10 heteroatoms. The second kappa shape index (κ2) is 10.1. The largest absolute Gasteiger partial charge is 0.389 e. The number of thiazole rings is 1. The molecule has 0 atom stereocenters. The van der Waals surface area contributed by atoms with Crippen LogP contribution >= 0.6 is 23.1 Å². The molecule has 174 valence electrons. The van der Waals surface area contributed by atoms with E-state index in [1.807, 2.05) is 18.2 Å². The lowest BCUT2D eigenvalue weighted by molar-refractivity contribution is -0.129. The Labute approximate surface area is 197 Å². The summed E-state index contributed by atoms with van der Waals surface area (Å²) in [7, 11) is 0. The summed E-state index contributed by atoms with van der Waals surface area (Å²) in [6.45, 7) is 1.05. The number of fused-ring (bicyclic) bond motifs is 1. The number of benzene rings is 2. The van der Waals surface area contributed by atoms with Crippen LogP contribution in [0.5, 0.6) is 0 Å². The molecule has 1 saturated heterocycles. The third-order valence-corrected chi connectivity index (χ3v) is 7.58. The van der Waals surface area contributed by atoms with Crippen molar-refractivity contribution in [3.05, 3.63) is 54.1 Å². The quantitative estimate of drug-likeness (QED) is 0.439. The van der Waals surface area contributed by atoms with Gasteiger partial charge in [-0.1, -0.05) is 30.0 Å². The van der Waals surface area contributed by atoms with Crippen LogP contribution in [0.1, 0.15) is 29.6 Å². The maximum Gasteiger partial charge on any atom is 0.389 e. The topological polar surface area (TPSA) is 62.3 Å². The highest BCUT2D eigenvalue weighted by atomic mass is 32.2. The molecule has 0 spiro atoms. The molecule has 0 saturated carbocycles. The van der Waals surface area contributed by atoms with Gasteiger partial charge in [0.15, 0.2) is 4.34 Å². The van der Waals surface area contributed by atoms with Crippen LogP contribution in [0.15, 0.2) is 52.9 Å². The summed E-state index contributed by atoms with van der Waals surface area (Å²) in [4.78, 5) is 31.5. The van der Waals surface area contributed by atoms with Gasteiger partial charge in [0.05, 0.1) is 16.6 Å². The van der Waals surface area contributed by atoms with E-state index in [4.69, 9.17) is 0 Å². The Morgan fingerprint density at radius 2 is 1.85 bits per heavy atom. The smallest absolute Gasteiger partial charge is 0.339 e. The number of nitrogens with zero attached hydrogens (tertiary/aromatic N) is 2. The number of halogens is 3. The van der Waals surface area contributed by atoms with Crippen LogP contribution in [0.25, 0.3) is 10.2 Å². The van der Waals surface area contributed by atoms with Gasteiger partial charge in [-0.3, -0.25) is 9.59 Å². The number of rotatable bonds is 6. The molecule has 0 radical (unpaired) electrons. The number of aromatic nitrogens is 1. The van der Waals surface area contributed by atoms with Crippen LogP contribution in [0.2, 0.25) is 0 Å². The molecule has 2 heterocycles. The molecule has 2 aromatic carbocycles. The minimum Gasteiger partial charge on any atom is -0.339 e. The highest BCUT2D eigenvalue weighted by Gasteiger charge is 2.28. The molecule has 1 aromatic heterocycles. The molecule has 1 N–H and O–H groups in total. The van der Waals surface area contributed by atoms with Gasteiger partial charge in [0.1, 0.15) is 0 Å². The summed E-state index contributed by atoms with van der Waals surface area (Å²) < 4.78 is 38.4. The fourth-order valence-corrected chi connectivity index (χ4v) is 5.81. The maximum atomic E-state index is 12.8. The molecule has 0 aliphatic carbocycles. The van der Waals surface area contributed by atoms with E-state index >= 15 is 0 Å². The number of hydrogen-bond acceptors (Lipinski definition) is 5. The number of hydrogen-bond donors (Lipinski definition) is 1. The van der Waals surface area contributed by atoms with Crippen molar-refractivity contribution in [3.8, 4) is 0 Å². The Morgan fingerprint density at radius 1 is 1.12 bits per heavy atom. The van der Waals surface area contributed by atoms with Gasteiger partial charge in [-0.25, -0.2) is 4.98 Å². The van der Waals surface area contributed by atoms with E-state index in [1.54, 1.807) is 35.2 Å². The van der Waals surface area contributed by atoms with E-state index in [0.29, 0.717) is 47.0 Å². The van der Waals surface area contributed by atoms with E-state index in [1.165, 1.54) is 11.3 Å². The number of nitrogens with one attached hydrogen (secondary N) is 1. The highest BCUT2D eigenvalue weighted by Crippen LogP contribution is 2.33. The second-order valence-electron chi connectivity index (χ2n) is 7.80. The molecular weight excluding hydrogens is 471 g/mol. The first-order chi connectivity index (χ1) is 15.8. The predicted octanol–water partition coefficient (Wildman–Crippen LogP) is 5.83. The van der Waals surface area contributed by atoms with Crippen molar-refractivity contribution in [2.75, 3.05) is 24.2 Å². The monoisotopic (exact) mass is 493 g/mol. The van der Waals surface area contributed by atoms with E-state index in [0.717, 1.165) is 16.5 Å². The van der Waals surface area contributed by atoms with Crippen molar-refractivity contribution in [3.63, 3.8) is 0 Å². The molecule has 0 unspecified atom stereocenters. The van der Waals surface area contributed by atoms with Crippen molar-refractivity contribution in [2.24, 2.45) is 5.92 Å². The summed E-state index contributed by atoms with van der Waals surface area (Å²) in [5.41, 5.74) is 1.97. The Balaban J connectivity index is 1.31. The van der Waals surface area contributed by atoms with Crippen LogP contribution < -0.4 is 5.32 Å². The summed E-state index contributed by atoms with van der Waals surface area (Å²) in [5, 5.41) is 2.93. The number of likely N-dealkylation sites (tertiary alicyclic amines) is 1. The number of alkyl halides is 3. The Bertz CT molecular complexity index is 1130. The minimum absolute atomic E-state index is 0.0194. The normalized spacial score (nSPS) is 15.1. The zero-order valence-electron chi connectivity index (χ0n) is 17.6. The van der Waals surface area contributed by atoms with Gasteiger partial charge in [-0.05, 0) is 43.2 Å². The fourth-order valence-electron chi connectivity index (χ4n) is 3.65. The van der Waals surface area contributed by atoms with Crippen LogP contribution in [0.4, 0.5) is 18.9 Å². The van der Waals surface area contributed by atoms with Crippen molar-refractivity contribution in [2.45, 2.75) is 29.8 Å². The second-order valence-corrected chi connectivity index (χ2v) is 10.2. The third kappa shape index (κ3) is 6.26. The van der Waals surface area contributed by atoms with Crippen LogP contribution in [0.3, 0.4) is 0 Å². The van der Waals surface area contributed by atoms with Crippen molar-refractivity contribution >= 4 is 50.8 Å². The van der Waals surface area contributed by atoms with Gasteiger partial charge >= 0.3 is 6.18 Å². The van der Waals surface area contributed by atoms with E-state index in [9.17, 15) is 22.8 Å². The van der Waals surface area contributed by atoms with E-state index in [2.05, 4.69) is 10.3 Å². The predicted molar refractivity (Wildman–Crippen MR) is 125 cm³/mol. The Hall–Kier alpha value is -2.59. The number of carbonyl (C=O) groups is 2. The number of piperidine rings is 1. The van der Waals surface area contributed by atoms with Crippen LogP contribution in [0, 0.1) is 5.92 Å². The fraction of sp³-hybridized carbons (Fsp3) is 0.348. The van der Waals surface area contributed by atoms with Gasteiger partial charge in [0.25, 0.3) is 5.91 Å². The molecule has 5 nitrogen and oxygen atoms in total. The van der Waals surface area contributed by atoms with Gasteiger partial charge < -0.3 is 10.2 Å². The molecule has 1 aliphatic rings. The molecule has 1 fully saturated rings. The lowest BCUT2D eigenvalue weighted by Gasteiger charge is -2.31. The zero-order valence-corrected chi connectivity index (χ0v) is 19.2. The van der Waals surface area contributed by atoms with Gasteiger partial charge in [-0.2, -0.15) is 13.2 Å². The first kappa shape index (κ1) is 23.6. The standard InChI is InChI=1S/C23H22F3N3O2S2/c24-23(25,26)10-13-32-22-28-18-7-6-17(14-19(18)33-22)27-20(30)15-8-11-29(12-9-15)21(31)16-4-2-1-3-5-16/h1-7,14-15H,8-13H2,(H,27,30). The highest BCUT2D eigenvalue weighted by molar-refractivity contribution is 8.01. The summed E-state index contributed by atoms with van der Waals surface area (Å²) in [5.74, 6) is -0.367. The van der Waals surface area contributed by atoms with Crippen molar-refractivity contribution in [1.82, 2.24) is 9.88 Å². The van der Waals surface area contributed by atoms with E-state index < -0.39 is 12.6 Å². The molecule has 1 aliphatic heterocycles. The van der Waals surface area contributed by atoms with Crippen molar-refractivity contribution in [1.29, 1.82) is 0 Å².